The van der Waals surface area contributed by atoms with E-state index in [9.17, 15) is 14.9 Å². The highest BCUT2D eigenvalue weighted by atomic mass is 32.1. The van der Waals surface area contributed by atoms with E-state index < -0.39 is 4.92 Å². The number of allylic oxidation sites excluding steroid dienone is 1. The number of non-ortho nitro benzene ring substituents is 1. The van der Waals surface area contributed by atoms with Crippen LogP contribution in [0, 0.1) is 17.0 Å². The SMILES string of the molecule is C=CCn1c(=NC(=O)c2cc3cc([N+](=O)[O-])ccc3s2)sc2cc(C)ccc21. The fourth-order valence-corrected chi connectivity index (χ4v) is 5.03. The van der Waals surface area contributed by atoms with Gasteiger partial charge < -0.3 is 4.57 Å². The lowest BCUT2D eigenvalue weighted by atomic mass is 10.2. The Morgan fingerprint density at radius 1 is 1.21 bits per heavy atom. The number of aromatic nitrogens is 1. The molecule has 0 radical (unpaired) electrons. The topological polar surface area (TPSA) is 77.5 Å². The maximum absolute atomic E-state index is 12.8. The summed E-state index contributed by atoms with van der Waals surface area (Å²) in [5.41, 5.74) is 2.16. The smallest absolute Gasteiger partial charge is 0.289 e. The van der Waals surface area contributed by atoms with Gasteiger partial charge in [-0.25, -0.2) is 0 Å². The van der Waals surface area contributed by atoms with Crippen molar-refractivity contribution in [3.8, 4) is 0 Å². The van der Waals surface area contributed by atoms with E-state index in [0.29, 0.717) is 21.6 Å². The molecule has 0 spiro atoms. The first-order chi connectivity index (χ1) is 13.5. The van der Waals surface area contributed by atoms with Gasteiger partial charge >= 0.3 is 0 Å². The fourth-order valence-electron chi connectivity index (χ4n) is 2.96. The molecular formula is C20H15N3O3S2. The first-order valence-corrected chi connectivity index (χ1v) is 10.1. The van der Waals surface area contributed by atoms with Gasteiger partial charge in [0.05, 0.1) is 20.0 Å². The maximum Gasteiger partial charge on any atom is 0.289 e. The molecule has 0 saturated carbocycles. The Balaban J connectivity index is 1.81. The number of nitrogens with zero attached hydrogens (tertiary/aromatic N) is 3. The Hall–Kier alpha value is -3.10. The number of thiazole rings is 1. The number of benzene rings is 2. The number of hydrogen-bond donors (Lipinski definition) is 0. The molecular weight excluding hydrogens is 394 g/mol. The summed E-state index contributed by atoms with van der Waals surface area (Å²) in [6.07, 6.45) is 1.77. The molecule has 0 fully saturated rings. The van der Waals surface area contributed by atoms with Crippen LogP contribution in [-0.4, -0.2) is 15.4 Å². The molecule has 0 saturated heterocycles. The quantitative estimate of drug-likeness (QED) is 0.268. The second-order valence-electron chi connectivity index (χ2n) is 6.26. The number of nitro groups is 1. The van der Waals surface area contributed by atoms with Crippen molar-refractivity contribution in [1.82, 2.24) is 4.57 Å². The first kappa shape index (κ1) is 18.3. The molecule has 1 amide bonds. The van der Waals surface area contributed by atoms with Crippen LogP contribution in [0.15, 0.2) is 60.1 Å². The molecule has 28 heavy (non-hydrogen) atoms. The number of carbonyl (C=O) groups excluding carboxylic acids is 1. The van der Waals surface area contributed by atoms with E-state index in [1.165, 1.54) is 34.8 Å². The van der Waals surface area contributed by atoms with E-state index in [2.05, 4.69) is 17.6 Å². The van der Waals surface area contributed by atoms with Crippen molar-refractivity contribution in [1.29, 1.82) is 0 Å². The molecule has 8 heteroatoms. The van der Waals surface area contributed by atoms with Gasteiger partial charge in [0.25, 0.3) is 11.6 Å². The summed E-state index contributed by atoms with van der Waals surface area (Å²) in [6, 6.07) is 12.4. The molecule has 2 aromatic carbocycles. The zero-order valence-corrected chi connectivity index (χ0v) is 16.5. The molecule has 0 unspecified atom stereocenters. The average molecular weight is 409 g/mol. The summed E-state index contributed by atoms with van der Waals surface area (Å²) in [7, 11) is 0. The van der Waals surface area contributed by atoms with Crippen LogP contribution in [0.25, 0.3) is 20.3 Å². The summed E-state index contributed by atoms with van der Waals surface area (Å²) >= 11 is 2.74. The lowest BCUT2D eigenvalue weighted by molar-refractivity contribution is -0.384. The number of hydrogen-bond acceptors (Lipinski definition) is 5. The van der Waals surface area contributed by atoms with Gasteiger partial charge in [-0.3, -0.25) is 14.9 Å². The largest absolute Gasteiger partial charge is 0.312 e. The molecule has 0 aliphatic carbocycles. The maximum atomic E-state index is 12.8. The van der Waals surface area contributed by atoms with E-state index in [1.54, 1.807) is 18.2 Å². The second-order valence-corrected chi connectivity index (χ2v) is 8.35. The van der Waals surface area contributed by atoms with E-state index in [0.717, 1.165) is 20.5 Å². The van der Waals surface area contributed by atoms with Gasteiger partial charge in [-0.05, 0) is 36.8 Å². The van der Waals surface area contributed by atoms with E-state index in [4.69, 9.17) is 0 Å². The first-order valence-electron chi connectivity index (χ1n) is 8.44. The van der Waals surface area contributed by atoms with Gasteiger partial charge in [0, 0.05) is 28.8 Å². The van der Waals surface area contributed by atoms with Crippen LogP contribution in [0.2, 0.25) is 0 Å². The standard InChI is InChI=1S/C20H15N3O3S2/c1-3-8-22-15-6-4-12(2)9-17(15)28-20(22)21-19(24)18-11-13-10-14(23(25)26)5-7-16(13)27-18/h3-7,9-11H,1,8H2,2H3. The minimum absolute atomic E-state index is 0.00457. The van der Waals surface area contributed by atoms with Crippen LogP contribution in [0.5, 0.6) is 0 Å². The molecule has 4 rings (SSSR count). The van der Waals surface area contributed by atoms with Crippen molar-refractivity contribution >= 4 is 54.6 Å². The van der Waals surface area contributed by atoms with Crippen LogP contribution >= 0.6 is 22.7 Å². The van der Waals surface area contributed by atoms with Gasteiger partial charge in [-0.2, -0.15) is 4.99 Å². The summed E-state index contributed by atoms with van der Waals surface area (Å²) in [6.45, 7) is 6.37. The third-order valence-corrected chi connectivity index (χ3v) is 6.41. The van der Waals surface area contributed by atoms with E-state index in [1.807, 2.05) is 23.6 Å². The fraction of sp³-hybridized carbons (Fsp3) is 0.100. The van der Waals surface area contributed by atoms with Crippen molar-refractivity contribution in [2.24, 2.45) is 4.99 Å². The number of nitro benzene ring substituents is 1. The monoisotopic (exact) mass is 409 g/mol. The highest BCUT2D eigenvalue weighted by Gasteiger charge is 2.14. The van der Waals surface area contributed by atoms with Crippen molar-refractivity contribution in [2.75, 3.05) is 0 Å². The van der Waals surface area contributed by atoms with Gasteiger partial charge in [-0.1, -0.05) is 23.5 Å². The van der Waals surface area contributed by atoms with E-state index in [-0.39, 0.29) is 11.6 Å². The molecule has 6 nitrogen and oxygen atoms in total. The highest BCUT2D eigenvalue weighted by Crippen LogP contribution is 2.29. The molecule has 4 aromatic rings. The third-order valence-electron chi connectivity index (χ3n) is 4.27. The van der Waals surface area contributed by atoms with E-state index >= 15 is 0 Å². The van der Waals surface area contributed by atoms with Gasteiger partial charge in [0.15, 0.2) is 4.80 Å². The van der Waals surface area contributed by atoms with Crippen LogP contribution in [0.1, 0.15) is 15.2 Å². The van der Waals surface area contributed by atoms with Crippen LogP contribution in [-0.2, 0) is 6.54 Å². The van der Waals surface area contributed by atoms with Crippen LogP contribution in [0.4, 0.5) is 5.69 Å². The minimum Gasteiger partial charge on any atom is -0.312 e. The normalized spacial score (nSPS) is 12.0. The van der Waals surface area contributed by atoms with Gasteiger partial charge in [-0.15, -0.1) is 17.9 Å². The number of carbonyl (C=O) groups is 1. The third kappa shape index (κ3) is 3.28. The lowest BCUT2D eigenvalue weighted by Gasteiger charge is -2.00. The zero-order chi connectivity index (χ0) is 19.8. The Morgan fingerprint density at radius 3 is 2.79 bits per heavy atom. The number of rotatable bonds is 4. The van der Waals surface area contributed by atoms with Gasteiger partial charge in [0.1, 0.15) is 0 Å². The molecule has 0 aliphatic rings. The van der Waals surface area contributed by atoms with Crippen molar-refractivity contribution in [2.45, 2.75) is 13.5 Å². The molecule has 2 aromatic heterocycles. The minimum atomic E-state index is -0.444. The Labute approximate surface area is 167 Å². The molecule has 2 heterocycles. The number of fused-ring (bicyclic) bond motifs is 2. The molecule has 0 atom stereocenters. The highest BCUT2D eigenvalue weighted by molar-refractivity contribution is 7.21. The summed E-state index contributed by atoms with van der Waals surface area (Å²) in [5, 5.41) is 11.6. The molecule has 0 bridgehead atoms. The second kappa shape index (κ2) is 7.14. The Morgan fingerprint density at radius 2 is 2.04 bits per heavy atom. The number of thiophene rings is 1. The average Bonchev–Trinajstić information content (AvgIpc) is 3.22. The molecule has 140 valence electrons. The number of aryl methyl sites for hydroxylation is 1. The molecule has 0 N–H and O–H groups in total. The van der Waals surface area contributed by atoms with Gasteiger partial charge in [0.2, 0.25) is 0 Å². The van der Waals surface area contributed by atoms with Crippen molar-refractivity contribution in [3.63, 3.8) is 0 Å². The van der Waals surface area contributed by atoms with Crippen LogP contribution in [0.3, 0.4) is 0 Å². The summed E-state index contributed by atoms with van der Waals surface area (Å²) < 4.78 is 3.83. The predicted octanol–water partition coefficient (Wildman–Crippen LogP) is 5.06. The number of amides is 1. The zero-order valence-electron chi connectivity index (χ0n) is 14.9. The Bertz CT molecular complexity index is 1330. The van der Waals surface area contributed by atoms with Crippen molar-refractivity contribution in [3.05, 3.63) is 80.5 Å². The lowest BCUT2D eigenvalue weighted by Crippen LogP contribution is -2.15. The summed E-state index contributed by atoms with van der Waals surface area (Å²) in [4.78, 5) is 28.7. The van der Waals surface area contributed by atoms with Crippen molar-refractivity contribution < 1.29 is 9.72 Å². The summed E-state index contributed by atoms with van der Waals surface area (Å²) in [5.74, 6) is -0.357. The Kier molecular flexibility index (Phi) is 4.66. The van der Waals surface area contributed by atoms with Crippen LogP contribution < -0.4 is 4.80 Å². The molecule has 0 aliphatic heterocycles. The predicted molar refractivity (Wildman–Crippen MR) is 113 cm³/mol.